The maximum Gasteiger partial charge on any atom is 0.275 e. The van der Waals surface area contributed by atoms with Crippen LogP contribution in [0, 0.1) is 0 Å². The molecule has 2 heterocycles. The van der Waals surface area contributed by atoms with E-state index in [1.54, 1.807) is 11.4 Å². The van der Waals surface area contributed by atoms with Gasteiger partial charge in [0.2, 0.25) is 6.41 Å². The molecule has 8 heteroatoms. The Labute approximate surface area is 172 Å². The number of nitrogens with one attached hydrogen (secondary N) is 3. The van der Waals surface area contributed by atoms with Crippen molar-refractivity contribution in [3.05, 3.63) is 59.6 Å². The Hall–Kier alpha value is -3.23. The fraction of sp³-hybridized carbons (Fsp3) is 0.190. The first-order valence-electron chi connectivity index (χ1n) is 9.37. The molecule has 2 amide bonds. The summed E-state index contributed by atoms with van der Waals surface area (Å²) in [5.74, 6) is -0.254. The Bertz CT molecular complexity index is 1010. The molecule has 1 aliphatic heterocycles. The van der Waals surface area contributed by atoms with Gasteiger partial charge in [0, 0.05) is 37.1 Å². The van der Waals surface area contributed by atoms with Crippen molar-refractivity contribution in [3.63, 3.8) is 0 Å². The molecule has 0 atom stereocenters. The van der Waals surface area contributed by atoms with Gasteiger partial charge in [-0.2, -0.15) is 0 Å². The van der Waals surface area contributed by atoms with Crippen LogP contribution in [-0.2, 0) is 4.79 Å². The van der Waals surface area contributed by atoms with Gasteiger partial charge >= 0.3 is 0 Å². The number of para-hydroxylation sites is 3. The van der Waals surface area contributed by atoms with Crippen molar-refractivity contribution in [1.82, 2.24) is 10.3 Å². The molecule has 0 saturated carbocycles. The van der Waals surface area contributed by atoms with Crippen molar-refractivity contribution < 1.29 is 9.59 Å². The summed E-state index contributed by atoms with van der Waals surface area (Å²) in [4.78, 5) is 30.4. The normalized spacial score (nSPS) is 13.7. The van der Waals surface area contributed by atoms with Gasteiger partial charge in [-0.3, -0.25) is 9.59 Å². The van der Waals surface area contributed by atoms with Crippen LogP contribution in [0.2, 0.25) is 0 Å². The van der Waals surface area contributed by atoms with E-state index in [2.05, 4.69) is 25.8 Å². The molecule has 7 nitrogen and oxygen atoms in total. The average molecular weight is 407 g/mol. The Kier molecular flexibility index (Phi) is 5.83. The van der Waals surface area contributed by atoms with Crippen LogP contribution in [-0.4, -0.2) is 43.5 Å². The molecular formula is C21H21N5O2S. The number of nitrogens with zero attached hydrogens (tertiary/aromatic N) is 2. The van der Waals surface area contributed by atoms with E-state index in [-0.39, 0.29) is 5.91 Å². The Morgan fingerprint density at radius 1 is 1.07 bits per heavy atom. The summed E-state index contributed by atoms with van der Waals surface area (Å²) in [6, 6.07) is 15.2. The van der Waals surface area contributed by atoms with Crippen LogP contribution in [0.25, 0.3) is 10.6 Å². The van der Waals surface area contributed by atoms with Crippen LogP contribution < -0.4 is 20.9 Å². The molecule has 3 N–H and O–H groups in total. The summed E-state index contributed by atoms with van der Waals surface area (Å²) in [5, 5.41) is 11.4. The largest absolute Gasteiger partial charge is 0.367 e. The minimum atomic E-state index is -0.254. The lowest BCUT2D eigenvalue weighted by Crippen LogP contribution is -2.43. The van der Waals surface area contributed by atoms with Crippen LogP contribution in [0.15, 0.2) is 53.9 Å². The fourth-order valence-electron chi connectivity index (χ4n) is 3.31. The second kappa shape index (κ2) is 8.85. The van der Waals surface area contributed by atoms with Gasteiger partial charge in [-0.1, -0.05) is 24.3 Å². The van der Waals surface area contributed by atoms with E-state index in [0.29, 0.717) is 22.8 Å². The standard InChI is InChI=1S/C21H21N5O2S/c27-14-23-16-6-2-1-5-15(16)21-25-18(13-29-21)20(28)24-17-7-3-4-8-19(17)26-11-9-22-10-12-26/h1-8,13-14,22H,9-12H2,(H,23,27)(H,24,28). The molecule has 29 heavy (non-hydrogen) atoms. The summed E-state index contributed by atoms with van der Waals surface area (Å²) < 4.78 is 0. The predicted molar refractivity (Wildman–Crippen MR) is 117 cm³/mol. The average Bonchev–Trinajstić information content (AvgIpc) is 3.26. The smallest absolute Gasteiger partial charge is 0.275 e. The lowest BCUT2D eigenvalue weighted by molar-refractivity contribution is -0.105. The number of carbonyl (C=O) groups excluding carboxylic acids is 2. The molecule has 1 saturated heterocycles. The minimum Gasteiger partial charge on any atom is -0.367 e. The third-order valence-electron chi connectivity index (χ3n) is 4.72. The molecule has 1 aromatic heterocycles. The molecule has 0 radical (unpaired) electrons. The molecule has 0 spiro atoms. The van der Waals surface area contributed by atoms with Gasteiger partial charge in [-0.15, -0.1) is 11.3 Å². The SMILES string of the molecule is O=CNc1ccccc1-c1nc(C(=O)Nc2ccccc2N2CCNCC2)cs1. The topological polar surface area (TPSA) is 86.4 Å². The quantitative estimate of drug-likeness (QED) is 0.547. The summed E-state index contributed by atoms with van der Waals surface area (Å²) >= 11 is 1.37. The molecule has 1 fully saturated rings. The van der Waals surface area contributed by atoms with E-state index in [1.165, 1.54) is 11.3 Å². The molecule has 4 rings (SSSR count). The molecule has 0 aliphatic carbocycles. The maximum absolute atomic E-state index is 12.8. The van der Waals surface area contributed by atoms with E-state index in [1.807, 2.05) is 42.5 Å². The number of anilines is 3. The van der Waals surface area contributed by atoms with Crippen molar-refractivity contribution in [1.29, 1.82) is 0 Å². The number of thiazole rings is 1. The van der Waals surface area contributed by atoms with Gasteiger partial charge < -0.3 is 20.9 Å². The first-order chi connectivity index (χ1) is 14.3. The lowest BCUT2D eigenvalue weighted by Gasteiger charge is -2.31. The molecule has 0 unspecified atom stereocenters. The highest BCUT2D eigenvalue weighted by atomic mass is 32.1. The Morgan fingerprint density at radius 3 is 2.59 bits per heavy atom. The van der Waals surface area contributed by atoms with Crippen LogP contribution >= 0.6 is 11.3 Å². The van der Waals surface area contributed by atoms with Crippen LogP contribution in [0.4, 0.5) is 17.1 Å². The number of piperazine rings is 1. The second-order valence-corrected chi connectivity index (χ2v) is 7.41. The van der Waals surface area contributed by atoms with Gasteiger partial charge in [0.25, 0.3) is 5.91 Å². The van der Waals surface area contributed by atoms with E-state index in [4.69, 9.17) is 0 Å². The third kappa shape index (κ3) is 4.28. The summed E-state index contributed by atoms with van der Waals surface area (Å²) in [7, 11) is 0. The van der Waals surface area contributed by atoms with Crippen molar-refractivity contribution in [2.24, 2.45) is 0 Å². The van der Waals surface area contributed by atoms with Gasteiger partial charge in [0.05, 0.1) is 17.1 Å². The zero-order chi connectivity index (χ0) is 20.1. The third-order valence-corrected chi connectivity index (χ3v) is 5.59. The monoisotopic (exact) mass is 407 g/mol. The lowest BCUT2D eigenvalue weighted by atomic mass is 10.2. The molecule has 2 aromatic carbocycles. The number of hydrogen-bond acceptors (Lipinski definition) is 6. The number of aromatic nitrogens is 1. The maximum atomic E-state index is 12.8. The molecule has 1 aliphatic rings. The summed E-state index contributed by atoms with van der Waals surface area (Å²) in [6.07, 6.45) is 0.632. The van der Waals surface area contributed by atoms with Gasteiger partial charge in [0.1, 0.15) is 10.7 Å². The molecule has 3 aromatic rings. The van der Waals surface area contributed by atoms with Crippen LogP contribution in [0.3, 0.4) is 0 Å². The molecule has 148 valence electrons. The highest BCUT2D eigenvalue weighted by molar-refractivity contribution is 7.13. The Balaban J connectivity index is 1.55. The zero-order valence-electron chi connectivity index (χ0n) is 15.7. The number of hydrogen-bond donors (Lipinski definition) is 3. The highest BCUT2D eigenvalue weighted by Gasteiger charge is 2.18. The number of amides is 2. The molecule has 0 bridgehead atoms. The van der Waals surface area contributed by atoms with Crippen molar-refractivity contribution in [2.75, 3.05) is 41.7 Å². The van der Waals surface area contributed by atoms with Crippen molar-refractivity contribution in [2.45, 2.75) is 0 Å². The van der Waals surface area contributed by atoms with Gasteiger partial charge in [-0.25, -0.2) is 4.98 Å². The van der Waals surface area contributed by atoms with E-state index >= 15 is 0 Å². The number of carbonyl (C=O) groups is 2. The van der Waals surface area contributed by atoms with E-state index in [0.717, 1.165) is 43.1 Å². The van der Waals surface area contributed by atoms with Crippen molar-refractivity contribution >= 4 is 40.7 Å². The van der Waals surface area contributed by atoms with Gasteiger partial charge in [-0.05, 0) is 24.3 Å². The first-order valence-corrected chi connectivity index (χ1v) is 10.3. The highest BCUT2D eigenvalue weighted by Crippen LogP contribution is 2.31. The first kappa shape index (κ1) is 19.1. The Morgan fingerprint density at radius 2 is 1.79 bits per heavy atom. The number of benzene rings is 2. The molecular weight excluding hydrogens is 386 g/mol. The predicted octanol–water partition coefficient (Wildman–Crippen LogP) is 3.04. The van der Waals surface area contributed by atoms with Crippen molar-refractivity contribution in [3.8, 4) is 10.6 Å². The fourth-order valence-corrected chi connectivity index (χ4v) is 4.15. The summed E-state index contributed by atoms with van der Waals surface area (Å²) in [5.41, 5.74) is 3.58. The van der Waals surface area contributed by atoms with E-state index in [9.17, 15) is 9.59 Å². The van der Waals surface area contributed by atoms with Gasteiger partial charge in [0.15, 0.2) is 0 Å². The second-order valence-electron chi connectivity index (χ2n) is 6.55. The summed E-state index contributed by atoms with van der Waals surface area (Å²) in [6.45, 7) is 3.64. The zero-order valence-corrected chi connectivity index (χ0v) is 16.5. The minimum absolute atomic E-state index is 0.254. The number of rotatable bonds is 6. The van der Waals surface area contributed by atoms with E-state index < -0.39 is 0 Å². The van der Waals surface area contributed by atoms with Crippen LogP contribution in [0.5, 0.6) is 0 Å². The van der Waals surface area contributed by atoms with Crippen LogP contribution in [0.1, 0.15) is 10.5 Å².